The molecular formula is C36H34I2N2P2. The number of rotatable bonds is 6. The maximum absolute atomic E-state index is 9.25. The minimum Gasteiger partial charge on any atom is -0.305 e. The first-order valence-electron chi connectivity index (χ1n) is 13.3. The highest BCUT2D eigenvalue weighted by molar-refractivity contribution is 14.0. The fourth-order valence-corrected chi connectivity index (χ4v) is 10.3. The van der Waals surface area contributed by atoms with E-state index in [-0.39, 0.29) is 48.0 Å². The number of benzene rings is 6. The summed E-state index contributed by atoms with van der Waals surface area (Å²) in [6.07, 6.45) is 0. The predicted molar refractivity (Wildman–Crippen MR) is 207 cm³/mol. The van der Waals surface area contributed by atoms with Crippen molar-refractivity contribution in [3.05, 3.63) is 182 Å². The maximum Gasteiger partial charge on any atom is 0.0512 e. The molecule has 0 amide bonds. The summed E-state index contributed by atoms with van der Waals surface area (Å²) in [5.74, 6) is 0. The Bertz CT molecular complexity index is 1380. The molecule has 6 heteroatoms. The van der Waals surface area contributed by atoms with Gasteiger partial charge in [0.1, 0.15) is 0 Å². The molecule has 0 fully saturated rings. The number of hydrogen-bond donors (Lipinski definition) is 2. The summed E-state index contributed by atoms with van der Waals surface area (Å²) < 4.78 is 0. The van der Waals surface area contributed by atoms with E-state index in [2.05, 4.69) is 72.8 Å². The molecule has 0 aromatic heterocycles. The van der Waals surface area contributed by atoms with Gasteiger partial charge in [-0.05, 0) is 31.8 Å². The van der Waals surface area contributed by atoms with Crippen LogP contribution in [0.4, 0.5) is 0 Å². The van der Waals surface area contributed by atoms with E-state index < -0.39 is 14.1 Å². The third-order valence-electron chi connectivity index (χ3n) is 6.86. The van der Waals surface area contributed by atoms with Crippen LogP contribution in [-0.4, -0.2) is 0 Å². The maximum atomic E-state index is 9.25. The van der Waals surface area contributed by atoms with Crippen LogP contribution < -0.4 is 31.8 Å². The third-order valence-corrected chi connectivity index (χ3v) is 13.3. The van der Waals surface area contributed by atoms with E-state index in [1.165, 1.54) is 0 Å². The van der Waals surface area contributed by atoms with Gasteiger partial charge in [0, 0.05) is 0 Å². The average Bonchev–Trinajstić information content (AvgIpc) is 3.07. The summed E-state index contributed by atoms with van der Waals surface area (Å²) >= 11 is 0. The molecule has 0 radical (unpaired) electrons. The predicted octanol–water partition coefficient (Wildman–Crippen LogP) is 8.72. The number of nitrogens with one attached hydrogen (secondary N) is 2. The van der Waals surface area contributed by atoms with Crippen LogP contribution in [0.5, 0.6) is 0 Å². The summed E-state index contributed by atoms with van der Waals surface area (Å²) in [7, 11) is -4.55. The van der Waals surface area contributed by atoms with Gasteiger partial charge in [-0.2, -0.15) is 0 Å². The molecule has 2 N–H and O–H groups in total. The normalized spacial score (nSPS) is 10.7. The Kier molecular flexibility index (Phi) is 13.0. The zero-order chi connectivity index (χ0) is 27.7. The zero-order valence-corrected chi connectivity index (χ0v) is 29.5. The average molecular weight is 810 g/mol. The third kappa shape index (κ3) is 7.41. The molecule has 0 atom stereocenters. The van der Waals surface area contributed by atoms with Crippen molar-refractivity contribution in [3.63, 3.8) is 0 Å². The molecule has 0 aliphatic heterocycles. The van der Waals surface area contributed by atoms with Crippen LogP contribution in [0.3, 0.4) is 0 Å². The Morgan fingerprint density at radius 3 is 0.476 bits per heavy atom. The van der Waals surface area contributed by atoms with E-state index in [1.54, 1.807) is 0 Å². The lowest BCUT2D eigenvalue weighted by atomic mass is 10.4. The number of halogens is 2. The van der Waals surface area contributed by atoms with Crippen molar-refractivity contribution in [1.29, 1.82) is 10.3 Å². The highest BCUT2D eigenvalue weighted by Crippen LogP contribution is 2.43. The van der Waals surface area contributed by atoms with Crippen LogP contribution >= 0.6 is 62.1 Å². The largest absolute Gasteiger partial charge is 0.305 e. The van der Waals surface area contributed by atoms with Gasteiger partial charge in [0.25, 0.3) is 0 Å². The Balaban J connectivity index is 0.000000220. The second-order valence-corrected chi connectivity index (χ2v) is 15.1. The molecule has 0 unspecified atom stereocenters. The molecule has 6 aromatic rings. The molecule has 0 aliphatic rings. The lowest BCUT2D eigenvalue weighted by Crippen LogP contribution is -2.24. The summed E-state index contributed by atoms with van der Waals surface area (Å²) in [6.45, 7) is 0. The van der Waals surface area contributed by atoms with Crippen LogP contribution in [0.25, 0.3) is 0 Å². The first-order valence-corrected chi connectivity index (χ1v) is 16.8. The molecule has 0 aliphatic carbocycles. The summed E-state index contributed by atoms with van der Waals surface area (Å²) in [5, 5.41) is 25.1. The Morgan fingerprint density at radius 2 is 0.357 bits per heavy atom. The van der Waals surface area contributed by atoms with Gasteiger partial charge in [-0.3, -0.25) is 0 Å². The quantitative estimate of drug-likeness (QED) is 0.125. The second-order valence-electron chi connectivity index (χ2n) is 9.35. The first kappa shape index (κ1) is 33.7. The molecule has 0 bridgehead atoms. The molecule has 212 valence electrons. The Hall–Kier alpha value is -2.76. The highest BCUT2D eigenvalue weighted by atomic mass is 127. The monoisotopic (exact) mass is 810 g/mol. The molecule has 0 saturated heterocycles. The molecule has 0 heterocycles. The van der Waals surface area contributed by atoms with Crippen molar-refractivity contribution in [2.45, 2.75) is 0 Å². The van der Waals surface area contributed by atoms with Crippen LogP contribution in [0.2, 0.25) is 0 Å². The van der Waals surface area contributed by atoms with Crippen LogP contribution in [0.1, 0.15) is 0 Å². The van der Waals surface area contributed by atoms with Gasteiger partial charge in [-0.1, -0.05) is 182 Å². The van der Waals surface area contributed by atoms with Gasteiger partial charge in [0.05, 0.1) is 14.1 Å². The highest BCUT2D eigenvalue weighted by Gasteiger charge is 2.25. The molecule has 0 spiro atoms. The summed E-state index contributed by atoms with van der Waals surface area (Å²) in [4.78, 5) is 0. The van der Waals surface area contributed by atoms with Gasteiger partial charge >= 0.3 is 0 Å². The molecule has 42 heavy (non-hydrogen) atoms. The SMILES string of the molecule is I.I.N=P(c1ccccc1)(c1ccccc1)c1ccccc1.N=P(c1ccccc1)(c1ccccc1)c1ccccc1. The first-order chi connectivity index (χ1) is 19.6. The van der Waals surface area contributed by atoms with Gasteiger partial charge in [-0.15, -0.1) is 48.0 Å². The van der Waals surface area contributed by atoms with Crippen molar-refractivity contribution >= 4 is 93.9 Å². The Labute approximate surface area is 284 Å². The van der Waals surface area contributed by atoms with Gasteiger partial charge in [-0.25, -0.2) is 0 Å². The van der Waals surface area contributed by atoms with Gasteiger partial charge < -0.3 is 10.3 Å². The van der Waals surface area contributed by atoms with Crippen molar-refractivity contribution in [3.8, 4) is 0 Å². The minimum absolute atomic E-state index is 0. The fourth-order valence-electron chi connectivity index (χ4n) is 4.80. The van der Waals surface area contributed by atoms with Crippen LogP contribution in [-0.2, 0) is 0 Å². The van der Waals surface area contributed by atoms with Crippen molar-refractivity contribution in [2.24, 2.45) is 0 Å². The fraction of sp³-hybridized carbons (Fsp3) is 0. The topological polar surface area (TPSA) is 47.7 Å². The van der Waals surface area contributed by atoms with Crippen molar-refractivity contribution in [2.75, 3.05) is 0 Å². The van der Waals surface area contributed by atoms with Gasteiger partial charge in [0.15, 0.2) is 0 Å². The van der Waals surface area contributed by atoms with E-state index in [4.69, 9.17) is 0 Å². The zero-order valence-electron chi connectivity index (χ0n) is 23.0. The molecule has 0 saturated carbocycles. The lowest BCUT2D eigenvalue weighted by Gasteiger charge is -2.24. The van der Waals surface area contributed by atoms with Crippen molar-refractivity contribution < 1.29 is 0 Å². The summed E-state index contributed by atoms with van der Waals surface area (Å²) in [5.41, 5.74) is 0. The summed E-state index contributed by atoms with van der Waals surface area (Å²) in [6, 6.07) is 61.1. The smallest absolute Gasteiger partial charge is 0.0512 e. The standard InChI is InChI=1S/2C18H16NP.2HI/c2*19-20(16-10-4-1-5-11-16,17-12-6-2-7-13-17)18-14-8-3-9-15-18;;/h2*1-15,19H;2*1H. The van der Waals surface area contributed by atoms with Gasteiger partial charge in [0.2, 0.25) is 0 Å². The van der Waals surface area contributed by atoms with E-state index in [0.29, 0.717) is 0 Å². The van der Waals surface area contributed by atoms with E-state index >= 15 is 0 Å². The van der Waals surface area contributed by atoms with Crippen LogP contribution in [0.15, 0.2) is 182 Å². The molecule has 6 aromatic carbocycles. The van der Waals surface area contributed by atoms with Crippen molar-refractivity contribution in [1.82, 2.24) is 0 Å². The van der Waals surface area contributed by atoms with Crippen LogP contribution in [0, 0.1) is 10.3 Å². The lowest BCUT2D eigenvalue weighted by molar-refractivity contribution is 1.59. The Morgan fingerprint density at radius 1 is 0.238 bits per heavy atom. The van der Waals surface area contributed by atoms with E-state index in [0.717, 1.165) is 31.8 Å². The molecule has 6 rings (SSSR count). The number of hydrogen-bond acceptors (Lipinski definition) is 2. The second kappa shape index (κ2) is 16.2. The molecular weight excluding hydrogens is 776 g/mol. The minimum atomic E-state index is -2.28. The van der Waals surface area contributed by atoms with E-state index in [1.807, 2.05) is 109 Å². The molecule has 2 nitrogen and oxygen atoms in total. The van der Waals surface area contributed by atoms with E-state index in [9.17, 15) is 10.3 Å².